The van der Waals surface area contributed by atoms with E-state index in [1.165, 1.54) is 0 Å². The third kappa shape index (κ3) is 3.18. The van der Waals surface area contributed by atoms with Crippen LogP contribution < -0.4 is 0 Å². The highest BCUT2D eigenvalue weighted by molar-refractivity contribution is 5.88. The smallest absolute Gasteiger partial charge is 0.334 e. The average molecular weight is 283 g/mol. The summed E-state index contributed by atoms with van der Waals surface area (Å²) in [4.78, 5) is 16.1. The Morgan fingerprint density at radius 2 is 2.33 bits per heavy atom. The van der Waals surface area contributed by atoms with Crippen molar-refractivity contribution in [3.05, 3.63) is 53.5 Å². The molecule has 2 aromatic rings. The third-order valence-electron chi connectivity index (χ3n) is 3.44. The Morgan fingerprint density at radius 3 is 3.05 bits per heavy atom. The first-order valence-electron chi connectivity index (χ1n) is 7.06. The summed E-state index contributed by atoms with van der Waals surface area (Å²) in [6.45, 7) is 2.18. The van der Waals surface area contributed by atoms with E-state index in [0.717, 1.165) is 41.9 Å². The molecule has 5 nitrogen and oxygen atoms in total. The molecule has 0 bridgehead atoms. The van der Waals surface area contributed by atoms with Crippen LogP contribution in [0.1, 0.15) is 30.5 Å². The Bertz CT molecular complexity index is 688. The highest BCUT2D eigenvalue weighted by atomic mass is 16.5. The number of aryl methyl sites for hydroxylation is 1. The van der Waals surface area contributed by atoms with Crippen molar-refractivity contribution in [3.8, 4) is 5.82 Å². The predicted octanol–water partition coefficient (Wildman–Crippen LogP) is 2.73. The van der Waals surface area contributed by atoms with Gasteiger partial charge in [0.05, 0.1) is 5.69 Å². The normalized spacial score (nSPS) is 14.0. The molecule has 21 heavy (non-hydrogen) atoms. The molecule has 2 aromatic heterocycles. The zero-order valence-corrected chi connectivity index (χ0v) is 12.0. The summed E-state index contributed by atoms with van der Waals surface area (Å²) in [5, 5.41) is 4.32. The number of allylic oxidation sites excluding steroid dienone is 1. The summed E-state index contributed by atoms with van der Waals surface area (Å²) in [7, 11) is 0. The number of ether oxygens (including phenoxy) is 1. The molecule has 0 amide bonds. The van der Waals surface area contributed by atoms with Crippen LogP contribution in [0.25, 0.3) is 5.82 Å². The quantitative estimate of drug-likeness (QED) is 0.810. The van der Waals surface area contributed by atoms with Gasteiger partial charge >= 0.3 is 5.97 Å². The van der Waals surface area contributed by atoms with Crippen LogP contribution in [0.4, 0.5) is 0 Å². The van der Waals surface area contributed by atoms with Crippen molar-refractivity contribution in [1.82, 2.24) is 14.8 Å². The van der Waals surface area contributed by atoms with Gasteiger partial charge in [0.15, 0.2) is 5.82 Å². The largest absolute Gasteiger partial charge is 0.457 e. The Hall–Kier alpha value is -2.43. The van der Waals surface area contributed by atoms with E-state index in [-0.39, 0.29) is 12.6 Å². The summed E-state index contributed by atoms with van der Waals surface area (Å²) in [5.74, 6) is 0.512. The second kappa shape index (κ2) is 5.91. The first-order valence-corrected chi connectivity index (χ1v) is 7.06. The number of esters is 1. The summed E-state index contributed by atoms with van der Waals surface area (Å²) in [5.41, 5.74) is 2.63. The van der Waals surface area contributed by atoms with Crippen LogP contribution in [-0.4, -0.2) is 20.7 Å². The van der Waals surface area contributed by atoms with Gasteiger partial charge in [0.2, 0.25) is 0 Å². The van der Waals surface area contributed by atoms with E-state index >= 15 is 0 Å². The zero-order valence-electron chi connectivity index (χ0n) is 12.0. The molecule has 0 aliphatic heterocycles. The molecular formula is C16H17N3O2. The minimum atomic E-state index is -0.208. The van der Waals surface area contributed by atoms with E-state index in [4.69, 9.17) is 4.74 Å². The summed E-state index contributed by atoms with van der Waals surface area (Å²) >= 11 is 0. The average Bonchev–Trinajstić information content (AvgIpc) is 3.16. The molecule has 2 heterocycles. The number of aromatic nitrogens is 3. The van der Waals surface area contributed by atoms with Gasteiger partial charge in [-0.05, 0) is 49.9 Å². The Balaban J connectivity index is 1.67. The van der Waals surface area contributed by atoms with Gasteiger partial charge in [-0.25, -0.2) is 14.5 Å². The van der Waals surface area contributed by atoms with Crippen LogP contribution >= 0.6 is 0 Å². The molecule has 3 rings (SSSR count). The van der Waals surface area contributed by atoms with E-state index < -0.39 is 0 Å². The van der Waals surface area contributed by atoms with Gasteiger partial charge < -0.3 is 4.74 Å². The molecule has 108 valence electrons. The molecule has 0 spiro atoms. The van der Waals surface area contributed by atoms with Crippen molar-refractivity contribution in [2.24, 2.45) is 0 Å². The Morgan fingerprint density at radius 1 is 1.43 bits per heavy atom. The van der Waals surface area contributed by atoms with Crippen LogP contribution in [0.2, 0.25) is 0 Å². The molecule has 0 N–H and O–H groups in total. The third-order valence-corrected chi connectivity index (χ3v) is 3.44. The number of carbonyl (C=O) groups excluding carboxylic acids is 1. The van der Waals surface area contributed by atoms with Gasteiger partial charge in [-0.3, -0.25) is 0 Å². The highest BCUT2D eigenvalue weighted by Crippen LogP contribution is 2.19. The lowest BCUT2D eigenvalue weighted by molar-refractivity contribution is -0.140. The topological polar surface area (TPSA) is 57.0 Å². The van der Waals surface area contributed by atoms with Crippen LogP contribution in [0.5, 0.6) is 0 Å². The molecular weight excluding hydrogens is 266 g/mol. The second-order valence-electron chi connectivity index (χ2n) is 5.12. The molecule has 5 heteroatoms. The van der Waals surface area contributed by atoms with Gasteiger partial charge in [-0.15, -0.1) is 0 Å². The lowest BCUT2D eigenvalue weighted by Gasteiger charge is -2.07. The highest BCUT2D eigenvalue weighted by Gasteiger charge is 2.14. The van der Waals surface area contributed by atoms with Crippen LogP contribution in [0, 0.1) is 6.92 Å². The zero-order chi connectivity index (χ0) is 14.7. The molecule has 0 saturated heterocycles. The molecule has 1 aliphatic rings. The fraction of sp³-hybridized carbons (Fsp3) is 0.312. The first-order chi connectivity index (χ1) is 10.2. The molecule has 0 unspecified atom stereocenters. The maximum absolute atomic E-state index is 11.9. The Kier molecular flexibility index (Phi) is 3.81. The summed E-state index contributed by atoms with van der Waals surface area (Å²) < 4.78 is 7.05. The van der Waals surface area contributed by atoms with Crippen molar-refractivity contribution in [2.45, 2.75) is 32.8 Å². The van der Waals surface area contributed by atoms with E-state index in [9.17, 15) is 4.79 Å². The Labute approximate surface area is 123 Å². The van der Waals surface area contributed by atoms with Gasteiger partial charge in [0.1, 0.15) is 6.61 Å². The lowest BCUT2D eigenvalue weighted by atomic mass is 10.2. The summed E-state index contributed by atoms with van der Waals surface area (Å²) in [6, 6.07) is 5.64. The van der Waals surface area contributed by atoms with E-state index in [1.807, 2.05) is 37.4 Å². The van der Waals surface area contributed by atoms with Crippen LogP contribution in [-0.2, 0) is 16.1 Å². The fourth-order valence-electron chi connectivity index (χ4n) is 2.32. The number of rotatable bonds is 4. The maximum Gasteiger partial charge on any atom is 0.334 e. The number of pyridine rings is 1. The standard InChI is InChI=1S/C16H17N3O2/c1-12-7-9-19(18-12)15-10-13(6-8-17-15)11-21-16(20)14-4-2-3-5-14/h4,6-10H,2-3,5,11H2,1H3. The molecule has 0 fully saturated rings. The minimum Gasteiger partial charge on any atom is -0.457 e. The van der Waals surface area contributed by atoms with Crippen LogP contribution in [0.15, 0.2) is 42.2 Å². The number of carbonyl (C=O) groups is 1. The summed E-state index contributed by atoms with van der Waals surface area (Å²) in [6.07, 6.45) is 8.37. The van der Waals surface area contributed by atoms with Crippen LogP contribution in [0.3, 0.4) is 0 Å². The molecule has 0 saturated carbocycles. The lowest BCUT2D eigenvalue weighted by Crippen LogP contribution is -2.07. The van der Waals surface area contributed by atoms with E-state index in [0.29, 0.717) is 0 Å². The fourth-order valence-corrected chi connectivity index (χ4v) is 2.32. The molecule has 0 radical (unpaired) electrons. The van der Waals surface area contributed by atoms with Crippen molar-refractivity contribution in [1.29, 1.82) is 0 Å². The predicted molar refractivity (Wildman–Crippen MR) is 77.8 cm³/mol. The van der Waals surface area contributed by atoms with Crippen molar-refractivity contribution in [3.63, 3.8) is 0 Å². The number of nitrogens with zero attached hydrogens (tertiary/aromatic N) is 3. The maximum atomic E-state index is 11.9. The SMILES string of the molecule is Cc1ccn(-c2cc(COC(=O)C3=CCCC3)ccn2)n1. The van der Waals surface area contributed by atoms with E-state index in [2.05, 4.69) is 10.1 Å². The molecule has 0 atom stereocenters. The molecule has 1 aliphatic carbocycles. The monoisotopic (exact) mass is 283 g/mol. The number of hydrogen-bond donors (Lipinski definition) is 0. The van der Waals surface area contributed by atoms with Gasteiger partial charge in [0, 0.05) is 18.0 Å². The van der Waals surface area contributed by atoms with Gasteiger partial charge in [-0.1, -0.05) is 6.08 Å². The van der Waals surface area contributed by atoms with Crippen molar-refractivity contribution >= 4 is 5.97 Å². The second-order valence-corrected chi connectivity index (χ2v) is 5.12. The first kappa shape index (κ1) is 13.5. The minimum absolute atomic E-state index is 0.208. The van der Waals surface area contributed by atoms with Gasteiger partial charge in [-0.2, -0.15) is 5.10 Å². The molecule has 0 aromatic carbocycles. The van der Waals surface area contributed by atoms with Gasteiger partial charge in [0.25, 0.3) is 0 Å². The van der Waals surface area contributed by atoms with E-state index in [1.54, 1.807) is 10.9 Å². The number of hydrogen-bond acceptors (Lipinski definition) is 4. The van der Waals surface area contributed by atoms with Crippen molar-refractivity contribution < 1.29 is 9.53 Å². The van der Waals surface area contributed by atoms with Crippen molar-refractivity contribution in [2.75, 3.05) is 0 Å².